The molecule has 1 aliphatic rings. The van der Waals surface area contributed by atoms with Gasteiger partial charge in [-0.1, -0.05) is 30.3 Å². The molecule has 1 saturated heterocycles. The fraction of sp³-hybridized carbons (Fsp3) is 0.364. The van der Waals surface area contributed by atoms with Crippen molar-refractivity contribution in [3.05, 3.63) is 35.9 Å². The second kappa shape index (κ2) is 4.31. The molecule has 0 aliphatic carbocycles. The van der Waals surface area contributed by atoms with Crippen molar-refractivity contribution in [3.63, 3.8) is 0 Å². The normalized spacial score (nSPS) is 17.7. The number of hydrogen-bond donors (Lipinski definition) is 2. The number of nitrogens with zero attached hydrogens (tertiary/aromatic N) is 1. The maximum absolute atomic E-state index is 11.3. The van der Waals surface area contributed by atoms with Gasteiger partial charge >= 0.3 is 6.03 Å². The van der Waals surface area contributed by atoms with Gasteiger partial charge in [-0.05, 0) is 5.56 Å². The minimum atomic E-state index is -0.102. The lowest BCUT2D eigenvalue weighted by molar-refractivity contribution is 0.214. The number of carbonyl (C=O) groups is 1. The van der Waals surface area contributed by atoms with Gasteiger partial charge in [0.15, 0.2) is 0 Å². The van der Waals surface area contributed by atoms with E-state index in [4.69, 9.17) is 5.73 Å². The number of nitrogens with two attached hydrogens (primary N) is 1. The molecule has 2 rings (SSSR count). The molecule has 0 spiro atoms. The van der Waals surface area contributed by atoms with Crippen LogP contribution in [-0.2, 0) is 0 Å². The zero-order valence-electron chi connectivity index (χ0n) is 8.52. The fourth-order valence-corrected chi connectivity index (χ4v) is 1.73. The van der Waals surface area contributed by atoms with E-state index < -0.39 is 0 Å². The highest BCUT2D eigenvalue weighted by molar-refractivity contribution is 5.76. The third kappa shape index (κ3) is 2.27. The maximum atomic E-state index is 11.3. The molecule has 0 aromatic heterocycles. The van der Waals surface area contributed by atoms with E-state index in [0.717, 1.165) is 18.7 Å². The molecule has 1 aromatic carbocycles. The SMILES string of the molecule is NC(CN1CCNC1=O)c1ccccc1. The first-order valence-electron chi connectivity index (χ1n) is 5.10. The molecule has 3 N–H and O–H groups in total. The van der Waals surface area contributed by atoms with Crippen LogP contribution in [-0.4, -0.2) is 30.6 Å². The van der Waals surface area contributed by atoms with Gasteiger partial charge < -0.3 is 16.0 Å². The summed E-state index contributed by atoms with van der Waals surface area (Å²) < 4.78 is 0. The lowest BCUT2D eigenvalue weighted by Gasteiger charge is -2.19. The minimum absolute atomic E-state index is 0.0126. The summed E-state index contributed by atoms with van der Waals surface area (Å²) in [5, 5.41) is 2.76. The van der Waals surface area contributed by atoms with Crippen molar-refractivity contribution >= 4 is 6.03 Å². The van der Waals surface area contributed by atoms with E-state index in [1.807, 2.05) is 30.3 Å². The third-order valence-electron chi connectivity index (χ3n) is 2.59. The fourth-order valence-electron chi connectivity index (χ4n) is 1.73. The maximum Gasteiger partial charge on any atom is 0.317 e. The zero-order valence-corrected chi connectivity index (χ0v) is 8.52. The van der Waals surface area contributed by atoms with E-state index in [2.05, 4.69) is 5.32 Å². The molecule has 0 saturated carbocycles. The summed E-state index contributed by atoms with van der Waals surface area (Å²) in [6.07, 6.45) is 0. The molecule has 15 heavy (non-hydrogen) atoms. The van der Waals surface area contributed by atoms with Crippen LogP contribution >= 0.6 is 0 Å². The Morgan fingerprint density at radius 3 is 2.73 bits per heavy atom. The minimum Gasteiger partial charge on any atom is -0.336 e. The van der Waals surface area contributed by atoms with Crippen molar-refractivity contribution in [2.24, 2.45) is 5.73 Å². The van der Waals surface area contributed by atoms with E-state index in [1.165, 1.54) is 0 Å². The van der Waals surface area contributed by atoms with Gasteiger partial charge in [0.05, 0.1) is 0 Å². The van der Waals surface area contributed by atoms with Crippen molar-refractivity contribution in [1.82, 2.24) is 10.2 Å². The molecule has 1 heterocycles. The quantitative estimate of drug-likeness (QED) is 0.763. The van der Waals surface area contributed by atoms with Crippen LogP contribution in [0.1, 0.15) is 11.6 Å². The summed E-state index contributed by atoms with van der Waals surface area (Å²) in [5.41, 5.74) is 7.08. The Morgan fingerprint density at radius 2 is 2.13 bits per heavy atom. The Morgan fingerprint density at radius 1 is 1.40 bits per heavy atom. The van der Waals surface area contributed by atoms with Crippen LogP contribution in [0.5, 0.6) is 0 Å². The smallest absolute Gasteiger partial charge is 0.317 e. The summed E-state index contributed by atoms with van der Waals surface area (Å²) in [6, 6.07) is 9.73. The molecular formula is C11H15N3O. The van der Waals surface area contributed by atoms with Crippen molar-refractivity contribution in [2.75, 3.05) is 19.6 Å². The van der Waals surface area contributed by atoms with Crippen LogP contribution in [0, 0.1) is 0 Å². The number of benzene rings is 1. The van der Waals surface area contributed by atoms with Crippen LogP contribution in [0.4, 0.5) is 4.79 Å². The molecule has 0 bridgehead atoms. The van der Waals surface area contributed by atoms with Gasteiger partial charge in [0.25, 0.3) is 0 Å². The van der Waals surface area contributed by atoms with Gasteiger partial charge in [-0.3, -0.25) is 0 Å². The topological polar surface area (TPSA) is 58.4 Å². The summed E-state index contributed by atoms with van der Waals surface area (Å²) in [6.45, 7) is 2.05. The number of urea groups is 1. The number of nitrogens with one attached hydrogen (secondary N) is 1. The molecule has 4 nitrogen and oxygen atoms in total. The largest absolute Gasteiger partial charge is 0.336 e. The van der Waals surface area contributed by atoms with E-state index in [1.54, 1.807) is 4.90 Å². The zero-order chi connectivity index (χ0) is 10.7. The number of carbonyl (C=O) groups excluding carboxylic acids is 1. The second-order valence-electron chi connectivity index (χ2n) is 3.70. The first kappa shape index (κ1) is 9.98. The van der Waals surface area contributed by atoms with Gasteiger partial charge in [0.1, 0.15) is 0 Å². The van der Waals surface area contributed by atoms with Crippen molar-refractivity contribution in [2.45, 2.75) is 6.04 Å². The van der Waals surface area contributed by atoms with Gasteiger partial charge in [-0.15, -0.1) is 0 Å². The molecule has 1 fully saturated rings. The first-order valence-corrected chi connectivity index (χ1v) is 5.10. The van der Waals surface area contributed by atoms with Crippen LogP contribution < -0.4 is 11.1 Å². The third-order valence-corrected chi connectivity index (χ3v) is 2.59. The molecule has 1 aromatic rings. The monoisotopic (exact) mass is 205 g/mol. The van der Waals surface area contributed by atoms with Crippen molar-refractivity contribution in [1.29, 1.82) is 0 Å². The summed E-state index contributed by atoms with van der Waals surface area (Å²) in [7, 11) is 0. The second-order valence-corrected chi connectivity index (χ2v) is 3.70. The van der Waals surface area contributed by atoms with E-state index in [0.29, 0.717) is 6.54 Å². The summed E-state index contributed by atoms with van der Waals surface area (Å²) in [5.74, 6) is 0. The number of hydrogen-bond acceptors (Lipinski definition) is 2. The van der Waals surface area contributed by atoms with Crippen molar-refractivity contribution in [3.8, 4) is 0 Å². The Labute approximate surface area is 89.1 Å². The van der Waals surface area contributed by atoms with Crippen LogP contribution in [0.3, 0.4) is 0 Å². The molecule has 1 aliphatic heterocycles. The molecule has 1 unspecified atom stereocenters. The highest BCUT2D eigenvalue weighted by Crippen LogP contribution is 2.12. The van der Waals surface area contributed by atoms with Crippen molar-refractivity contribution < 1.29 is 4.79 Å². The molecule has 4 heteroatoms. The lowest BCUT2D eigenvalue weighted by atomic mass is 10.1. The Kier molecular flexibility index (Phi) is 2.87. The summed E-state index contributed by atoms with van der Waals surface area (Å²) >= 11 is 0. The lowest BCUT2D eigenvalue weighted by Crippen LogP contribution is -2.34. The predicted molar refractivity (Wildman–Crippen MR) is 58.3 cm³/mol. The van der Waals surface area contributed by atoms with Gasteiger partial charge in [0, 0.05) is 25.7 Å². The molecule has 80 valence electrons. The standard InChI is InChI=1S/C11H15N3O/c12-10(9-4-2-1-3-5-9)8-14-7-6-13-11(14)15/h1-5,10H,6-8,12H2,(H,13,15). The van der Waals surface area contributed by atoms with E-state index >= 15 is 0 Å². The number of rotatable bonds is 3. The Balaban J connectivity index is 1.98. The first-order chi connectivity index (χ1) is 7.27. The predicted octanol–water partition coefficient (Wildman–Crippen LogP) is 0.712. The molecular weight excluding hydrogens is 190 g/mol. The highest BCUT2D eigenvalue weighted by Gasteiger charge is 2.21. The van der Waals surface area contributed by atoms with Gasteiger partial charge in [-0.25, -0.2) is 4.79 Å². The molecule has 1 atom stereocenters. The van der Waals surface area contributed by atoms with Gasteiger partial charge in [0.2, 0.25) is 0 Å². The number of amides is 2. The molecule has 2 amide bonds. The van der Waals surface area contributed by atoms with Crippen LogP contribution in [0.2, 0.25) is 0 Å². The van der Waals surface area contributed by atoms with Crippen LogP contribution in [0.15, 0.2) is 30.3 Å². The van der Waals surface area contributed by atoms with E-state index in [9.17, 15) is 4.79 Å². The average Bonchev–Trinajstić information content (AvgIpc) is 2.66. The highest BCUT2D eigenvalue weighted by atomic mass is 16.2. The Hall–Kier alpha value is -1.55. The molecule has 0 radical (unpaired) electrons. The van der Waals surface area contributed by atoms with Crippen LogP contribution in [0.25, 0.3) is 0 Å². The van der Waals surface area contributed by atoms with Gasteiger partial charge in [-0.2, -0.15) is 0 Å². The van der Waals surface area contributed by atoms with E-state index in [-0.39, 0.29) is 12.1 Å². The Bertz CT molecular complexity index is 339. The summed E-state index contributed by atoms with van der Waals surface area (Å²) in [4.78, 5) is 13.0. The average molecular weight is 205 g/mol.